The van der Waals surface area contributed by atoms with E-state index in [9.17, 15) is 9.59 Å². The Kier molecular flexibility index (Phi) is 8.22. The second kappa shape index (κ2) is 12.5. The highest BCUT2D eigenvalue weighted by Gasteiger charge is 2.13. The van der Waals surface area contributed by atoms with Gasteiger partial charge in [0.05, 0.1) is 35.2 Å². The van der Waals surface area contributed by atoms with Crippen LogP contribution in [0, 0.1) is 0 Å². The summed E-state index contributed by atoms with van der Waals surface area (Å²) < 4.78 is 10.9. The molecule has 0 aliphatic carbocycles. The van der Waals surface area contributed by atoms with Gasteiger partial charge in [-0.1, -0.05) is 72.8 Å². The quantitative estimate of drug-likeness (QED) is 0.135. The fraction of sp³-hybridized carbons (Fsp3) is 0.0909. The zero-order valence-electron chi connectivity index (χ0n) is 21.9. The lowest BCUT2D eigenvalue weighted by atomic mass is 10.0. The minimum Gasteiger partial charge on any atom is -0.489 e. The van der Waals surface area contributed by atoms with Crippen molar-refractivity contribution in [1.82, 2.24) is 10.4 Å². The monoisotopic (exact) mass is 529 g/mol. The fourth-order valence-electron chi connectivity index (χ4n) is 4.15. The minimum atomic E-state index is -0.345. The predicted octanol–water partition coefficient (Wildman–Crippen LogP) is 6.42. The van der Waals surface area contributed by atoms with E-state index in [0.717, 1.165) is 27.6 Å². The first-order valence-corrected chi connectivity index (χ1v) is 12.9. The van der Waals surface area contributed by atoms with E-state index >= 15 is 0 Å². The summed E-state index contributed by atoms with van der Waals surface area (Å²) in [6, 6.07) is 33.6. The zero-order chi connectivity index (χ0) is 27.7. The Morgan fingerprint density at radius 2 is 1.65 bits per heavy atom. The maximum Gasteiger partial charge on any atom is 0.338 e. The Bertz CT molecular complexity index is 1670. The number of esters is 1. The molecule has 1 heterocycles. The van der Waals surface area contributed by atoms with E-state index in [4.69, 9.17) is 14.5 Å². The number of pyridine rings is 1. The van der Waals surface area contributed by atoms with Crippen LogP contribution in [0.1, 0.15) is 38.8 Å². The van der Waals surface area contributed by atoms with Crippen molar-refractivity contribution in [3.63, 3.8) is 0 Å². The van der Waals surface area contributed by atoms with Crippen molar-refractivity contribution >= 4 is 29.0 Å². The van der Waals surface area contributed by atoms with Crippen LogP contribution in [0.3, 0.4) is 0 Å². The molecule has 5 aromatic rings. The molecule has 0 radical (unpaired) electrons. The number of aromatic nitrogens is 1. The molecule has 0 unspecified atom stereocenters. The Morgan fingerprint density at radius 3 is 2.45 bits per heavy atom. The third-order valence-corrected chi connectivity index (χ3v) is 6.14. The zero-order valence-corrected chi connectivity index (χ0v) is 21.9. The molecule has 0 spiro atoms. The number of carbonyl (C=O) groups is 2. The summed E-state index contributed by atoms with van der Waals surface area (Å²) in [5.74, 6) is -0.0223. The number of hydrogen-bond donors (Lipinski definition) is 1. The molecule has 1 aromatic heterocycles. The molecule has 0 atom stereocenters. The number of nitrogens with zero attached hydrogens (tertiary/aromatic N) is 2. The number of benzene rings is 4. The Balaban J connectivity index is 1.25. The van der Waals surface area contributed by atoms with E-state index in [-0.39, 0.29) is 11.9 Å². The van der Waals surface area contributed by atoms with Crippen LogP contribution < -0.4 is 10.2 Å². The van der Waals surface area contributed by atoms with Crippen molar-refractivity contribution in [2.75, 3.05) is 6.61 Å². The van der Waals surface area contributed by atoms with Gasteiger partial charge in [0.15, 0.2) is 0 Å². The topological polar surface area (TPSA) is 89.9 Å². The molecule has 0 aliphatic heterocycles. The summed E-state index contributed by atoms with van der Waals surface area (Å²) in [4.78, 5) is 29.7. The highest BCUT2D eigenvalue weighted by molar-refractivity contribution is 6.07. The van der Waals surface area contributed by atoms with Crippen LogP contribution >= 0.6 is 0 Å². The molecule has 0 saturated heterocycles. The number of carbonyl (C=O) groups excluding carboxylic acids is 2. The van der Waals surface area contributed by atoms with Crippen LogP contribution in [0.2, 0.25) is 0 Å². The summed E-state index contributed by atoms with van der Waals surface area (Å²) in [6.45, 7) is 2.44. The average Bonchev–Trinajstić information content (AvgIpc) is 3.00. The maximum atomic E-state index is 13.2. The van der Waals surface area contributed by atoms with E-state index < -0.39 is 0 Å². The third-order valence-electron chi connectivity index (χ3n) is 6.14. The number of fused-ring (bicyclic) bond motifs is 1. The van der Waals surface area contributed by atoms with Crippen molar-refractivity contribution in [3.8, 4) is 17.0 Å². The normalized spacial score (nSPS) is 10.9. The van der Waals surface area contributed by atoms with E-state index in [0.29, 0.717) is 35.8 Å². The van der Waals surface area contributed by atoms with Gasteiger partial charge in [-0.05, 0) is 54.4 Å². The molecule has 4 aromatic carbocycles. The van der Waals surface area contributed by atoms with Gasteiger partial charge < -0.3 is 9.47 Å². The molecule has 7 heteroatoms. The number of para-hydroxylation sites is 1. The minimum absolute atomic E-state index is 0.328. The summed E-state index contributed by atoms with van der Waals surface area (Å²) in [7, 11) is 0. The third kappa shape index (κ3) is 6.39. The molecule has 0 bridgehead atoms. The first kappa shape index (κ1) is 26.3. The SMILES string of the molecule is CCOC(=O)c1ccc(COc2cccc(/C=N\NC(=O)c3cc(-c4ccccc4)nc4ccccc34)c2)cc1. The van der Waals surface area contributed by atoms with E-state index in [1.807, 2.05) is 91.0 Å². The standard InChI is InChI=1S/C33H27N3O4/c1-2-39-33(38)26-17-15-23(16-18-26)22-40-27-12-8-9-24(19-27)21-34-36-32(37)29-20-31(25-10-4-3-5-11-25)35-30-14-7-6-13-28(29)30/h3-21H,2,22H2,1H3,(H,36,37)/b34-21-. The van der Waals surface area contributed by atoms with Crippen molar-refractivity contribution in [2.45, 2.75) is 13.5 Å². The van der Waals surface area contributed by atoms with Gasteiger partial charge in [-0.3, -0.25) is 4.79 Å². The van der Waals surface area contributed by atoms with E-state index in [2.05, 4.69) is 10.5 Å². The van der Waals surface area contributed by atoms with Crippen LogP contribution in [0.15, 0.2) is 114 Å². The number of hydrazone groups is 1. The van der Waals surface area contributed by atoms with Gasteiger partial charge in [-0.2, -0.15) is 5.10 Å². The smallest absolute Gasteiger partial charge is 0.338 e. The lowest BCUT2D eigenvalue weighted by molar-refractivity contribution is 0.0526. The lowest BCUT2D eigenvalue weighted by Gasteiger charge is -2.09. The van der Waals surface area contributed by atoms with E-state index in [1.165, 1.54) is 0 Å². The van der Waals surface area contributed by atoms with Gasteiger partial charge in [0, 0.05) is 10.9 Å². The van der Waals surface area contributed by atoms with Crippen molar-refractivity contribution in [1.29, 1.82) is 0 Å². The second-order valence-electron chi connectivity index (χ2n) is 8.92. The molecule has 40 heavy (non-hydrogen) atoms. The van der Waals surface area contributed by atoms with E-state index in [1.54, 1.807) is 31.3 Å². The Morgan fingerprint density at radius 1 is 0.875 bits per heavy atom. The predicted molar refractivity (Wildman–Crippen MR) is 155 cm³/mol. The average molecular weight is 530 g/mol. The van der Waals surface area contributed by atoms with Crippen LogP contribution in [-0.2, 0) is 11.3 Å². The molecule has 0 fully saturated rings. The van der Waals surface area contributed by atoms with Crippen molar-refractivity contribution < 1.29 is 19.1 Å². The van der Waals surface area contributed by atoms with Crippen molar-refractivity contribution in [3.05, 3.63) is 131 Å². The number of nitrogens with one attached hydrogen (secondary N) is 1. The van der Waals surface area contributed by atoms with Gasteiger partial charge in [0.25, 0.3) is 5.91 Å². The fourth-order valence-corrected chi connectivity index (χ4v) is 4.15. The number of amides is 1. The molecule has 7 nitrogen and oxygen atoms in total. The van der Waals surface area contributed by atoms with Crippen molar-refractivity contribution in [2.24, 2.45) is 5.10 Å². The summed E-state index contributed by atoms with van der Waals surface area (Å²) in [5.41, 5.74) is 7.70. The molecular weight excluding hydrogens is 502 g/mol. The summed E-state index contributed by atoms with van der Waals surface area (Å²) in [5, 5.41) is 4.93. The lowest BCUT2D eigenvalue weighted by Crippen LogP contribution is -2.18. The van der Waals surface area contributed by atoms with Gasteiger partial charge in [0.2, 0.25) is 0 Å². The van der Waals surface area contributed by atoms with Gasteiger partial charge in [0.1, 0.15) is 12.4 Å². The molecule has 198 valence electrons. The van der Waals surface area contributed by atoms with Crippen LogP contribution in [0.25, 0.3) is 22.2 Å². The number of hydrogen-bond acceptors (Lipinski definition) is 6. The highest BCUT2D eigenvalue weighted by Crippen LogP contribution is 2.25. The number of rotatable bonds is 9. The van der Waals surface area contributed by atoms with Crippen LogP contribution in [0.5, 0.6) is 5.75 Å². The molecule has 5 rings (SSSR count). The maximum absolute atomic E-state index is 13.2. The van der Waals surface area contributed by atoms with Gasteiger partial charge in [-0.25, -0.2) is 15.2 Å². The Labute approximate surface area is 232 Å². The summed E-state index contributed by atoms with van der Waals surface area (Å²) >= 11 is 0. The largest absolute Gasteiger partial charge is 0.489 e. The molecule has 0 saturated carbocycles. The van der Waals surface area contributed by atoms with Gasteiger partial charge in [-0.15, -0.1) is 0 Å². The molecule has 1 N–H and O–H groups in total. The molecule has 0 aliphatic rings. The first-order valence-electron chi connectivity index (χ1n) is 12.9. The van der Waals surface area contributed by atoms with Crippen LogP contribution in [-0.4, -0.2) is 29.7 Å². The second-order valence-corrected chi connectivity index (χ2v) is 8.92. The summed E-state index contributed by atoms with van der Waals surface area (Å²) in [6.07, 6.45) is 1.57. The first-order chi connectivity index (χ1) is 19.6. The van der Waals surface area contributed by atoms with Gasteiger partial charge >= 0.3 is 5.97 Å². The highest BCUT2D eigenvalue weighted by atomic mass is 16.5. The Hall–Kier alpha value is -5.30. The van der Waals surface area contributed by atoms with Crippen LogP contribution in [0.4, 0.5) is 0 Å². The number of ether oxygens (including phenoxy) is 2. The molecular formula is C33H27N3O4. The molecule has 1 amide bonds.